The second-order valence-electron chi connectivity index (χ2n) is 4.68. The molecule has 0 amide bonds. The molecule has 0 radical (unpaired) electrons. The molecular weight excluding hydrogens is 294 g/mol. The van der Waals surface area contributed by atoms with Crippen LogP contribution in [-0.4, -0.2) is 26.8 Å². The van der Waals surface area contributed by atoms with Gasteiger partial charge in [0, 0.05) is 23.2 Å². The summed E-state index contributed by atoms with van der Waals surface area (Å²) in [4.78, 5) is 0. The van der Waals surface area contributed by atoms with Gasteiger partial charge in [0.1, 0.15) is 5.75 Å². The molecular formula is C14H20BrNO2. The third kappa shape index (κ3) is 3.25. The number of hydrogen-bond donors (Lipinski definition) is 1. The Morgan fingerprint density at radius 1 is 1.39 bits per heavy atom. The summed E-state index contributed by atoms with van der Waals surface area (Å²) in [6, 6.07) is 4.72. The van der Waals surface area contributed by atoms with Crippen molar-refractivity contribution < 1.29 is 9.47 Å². The lowest BCUT2D eigenvalue weighted by Crippen LogP contribution is -2.24. The van der Waals surface area contributed by atoms with Crippen LogP contribution in [0, 0.1) is 0 Å². The highest BCUT2D eigenvalue weighted by Gasteiger charge is 2.19. The van der Waals surface area contributed by atoms with E-state index in [1.54, 1.807) is 14.2 Å². The Morgan fingerprint density at radius 3 is 2.83 bits per heavy atom. The van der Waals surface area contributed by atoms with Gasteiger partial charge in [-0.05, 0) is 43.5 Å². The second-order valence-corrected chi connectivity index (χ2v) is 5.59. The number of halogens is 1. The van der Waals surface area contributed by atoms with Gasteiger partial charge in [0.25, 0.3) is 0 Å². The first kappa shape index (κ1) is 13.8. The van der Waals surface area contributed by atoms with Gasteiger partial charge in [0.2, 0.25) is 0 Å². The number of rotatable bonds is 5. The number of nitrogens with one attached hydrogen (secondary N) is 1. The lowest BCUT2D eigenvalue weighted by molar-refractivity contribution is 0.183. The van der Waals surface area contributed by atoms with E-state index in [4.69, 9.17) is 9.47 Å². The fourth-order valence-corrected chi connectivity index (χ4v) is 3.03. The molecule has 0 aromatic heterocycles. The summed E-state index contributed by atoms with van der Waals surface area (Å²) in [5, 5.41) is 3.53. The lowest BCUT2D eigenvalue weighted by atomic mass is 9.98. The van der Waals surface area contributed by atoms with Crippen LogP contribution in [0.3, 0.4) is 0 Å². The van der Waals surface area contributed by atoms with E-state index in [0.717, 1.165) is 23.2 Å². The quantitative estimate of drug-likeness (QED) is 0.906. The molecule has 0 saturated carbocycles. The molecule has 1 fully saturated rings. The number of hydrogen-bond acceptors (Lipinski definition) is 3. The van der Waals surface area contributed by atoms with Gasteiger partial charge in [0.15, 0.2) is 0 Å². The normalized spacial score (nSPS) is 19.2. The average Bonchev–Trinajstić information content (AvgIpc) is 2.85. The Labute approximate surface area is 117 Å². The average molecular weight is 314 g/mol. The topological polar surface area (TPSA) is 30.5 Å². The first-order valence-electron chi connectivity index (χ1n) is 6.32. The van der Waals surface area contributed by atoms with Crippen molar-refractivity contribution in [1.82, 2.24) is 5.32 Å². The van der Waals surface area contributed by atoms with Crippen LogP contribution in [0.15, 0.2) is 16.6 Å². The zero-order chi connectivity index (χ0) is 13.0. The minimum absolute atomic E-state index is 0.565. The van der Waals surface area contributed by atoms with Crippen LogP contribution in [0.2, 0.25) is 0 Å². The maximum absolute atomic E-state index is 5.51. The van der Waals surface area contributed by atoms with E-state index in [-0.39, 0.29) is 0 Å². The summed E-state index contributed by atoms with van der Waals surface area (Å²) >= 11 is 3.52. The van der Waals surface area contributed by atoms with E-state index in [9.17, 15) is 0 Å². The highest BCUT2D eigenvalue weighted by Crippen LogP contribution is 2.30. The maximum Gasteiger partial charge on any atom is 0.123 e. The van der Waals surface area contributed by atoms with Crippen molar-refractivity contribution in [2.24, 2.45) is 0 Å². The Kier molecular flexibility index (Phi) is 5.03. The van der Waals surface area contributed by atoms with Crippen molar-refractivity contribution in [3.63, 3.8) is 0 Å². The molecule has 0 bridgehead atoms. The van der Waals surface area contributed by atoms with E-state index < -0.39 is 0 Å². The van der Waals surface area contributed by atoms with E-state index in [0.29, 0.717) is 12.6 Å². The molecule has 1 aliphatic heterocycles. The molecule has 1 aromatic carbocycles. The summed E-state index contributed by atoms with van der Waals surface area (Å²) in [7, 11) is 3.45. The zero-order valence-electron chi connectivity index (χ0n) is 11.0. The van der Waals surface area contributed by atoms with Gasteiger partial charge < -0.3 is 14.8 Å². The third-order valence-corrected chi connectivity index (χ3v) is 3.86. The van der Waals surface area contributed by atoms with Gasteiger partial charge in [-0.15, -0.1) is 0 Å². The molecule has 100 valence electrons. The van der Waals surface area contributed by atoms with Crippen LogP contribution in [0.5, 0.6) is 5.75 Å². The number of benzene rings is 1. The van der Waals surface area contributed by atoms with Gasteiger partial charge in [-0.25, -0.2) is 0 Å². The van der Waals surface area contributed by atoms with Crippen LogP contribution >= 0.6 is 15.9 Å². The molecule has 0 spiro atoms. The summed E-state index contributed by atoms with van der Waals surface area (Å²) in [6.07, 6.45) is 3.52. The fraction of sp³-hybridized carbons (Fsp3) is 0.571. The molecule has 2 rings (SSSR count). The van der Waals surface area contributed by atoms with Crippen LogP contribution in [0.25, 0.3) is 0 Å². The van der Waals surface area contributed by atoms with Crippen molar-refractivity contribution in [2.45, 2.75) is 31.9 Å². The lowest BCUT2D eigenvalue weighted by Gasteiger charge is -2.18. The van der Waals surface area contributed by atoms with Crippen molar-refractivity contribution in [1.29, 1.82) is 0 Å². The number of ether oxygens (including phenoxy) is 2. The van der Waals surface area contributed by atoms with E-state index in [1.165, 1.54) is 24.0 Å². The Bertz CT molecular complexity index is 403. The van der Waals surface area contributed by atoms with E-state index >= 15 is 0 Å². The predicted molar refractivity (Wildman–Crippen MR) is 76.1 cm³/mol. The highest BCUT2D eigenvalue weighted by atomic mass is 79.9. The predicted octanol–water partition coefficient (Wildman–Crippen LogP) is 2.90. The molecule has 1 saturated heterocycles. The SMILES string of the molecule is COCc1cc(Br)cc(OC)c1CC1CCCN1. The summed E-state index contributed by atoms with van der Waals surface area (Å²) in [5.41, 5.74) is 2.47. The molecule has 1 unspecified atom stereocenters. The van der Waals surface area contributed by atoms with Crippen molar-refractivity contribution in [3.8, 4) is 5.75 Å². The van der Waals surface area contributed by atoms with Crippen LogP contribution in [0.1, 0.15) is 24.0 Å². The van der Waals surface area contributed by atoms with Gasteiger partial charge in [-0.1, -0.05) is 15.9 Å². The smallest absolute Gasteiger partial charge is 0.123 e. The first-order chi connectivity index (χ1) is 8.74. The number of methoxy groups -OCH3 is 2. The van der Waals surface area contributed by atoms with Crippen molar-refractivity contribution >= 4 is 15.9 Å². The summed E-state index contributed by atoms with van der Waals surface area (Å²) in [6.45, 7) is 1.75. The highest BCUT2D eigenvalue weighted by molar-refractivity contribution is 9.10. The van der Waals surface area contributed by atoms with Gasteiger partial charge >= 0.3 is 0 Å². The minimum atomic E-state index is 0.565. The van der Waals surface area contributed by atoms with Gasteiger partial charge in [-0.2, -0.15) is 0 Å². The van der Waals surface area contributed by atoms with E-state index in [1.807, 2.05) is 6.07 Å². The van der Waals surface area contributed by atoms with Gasteiger partial charge in [-0.3, -0.25) is 0 Å². The molecule has 1 atom stereocenters. The van der Waals surface area contributed by atoms with E-state index in [2.05, 4.69) is 27.3 Å². The zero-order valence-corrected chi connectivity index (χ0v) is 12.5. The molecule has 1 aliphatic rings. The van der Waals surface area contributed by atoms with Crippen molar-refractivity contribution in [2.75, 3.05) is 20.8 Å². The molecule has 1 heterocycles. The maximum atomic E-state index is 5.51. The van der Waals surface area contributed by atoms with Gasteiger partial charge in [0.05, 0.1) is 13.7 Å². The van der Waals surface area contributed by atoms with Crippen molar-refractivity contribution in [3.05, 3.63) is 27.7 Å². The molecule has 4 heteroatoms. The fourth-order valence-electron chi connectivity index (χ4n) is 2.54. The Hall–Kier alpha value is -0.580. The van der Waals surface area contributed by atoms with Crippen LogP contribution in [-0.2, 0) is 17.8 Å². The van der Waals surface area contributed by atoms with Crippen LogP contribution < -0.4 is 10.1 Å². The van der Waals surface area contributed by atoms with Crippen LogP contribution in [0.4, 0.5) is 0 Å². The molecule has 1 N–H and O–H groups in total. The molecule has 18 heavy (non-hydrogen) atoms. The Morgan fingerprint density at radius 2 is 2.22 bits per heavy atom. The Balaban J connectivity index is 2.28. The third-order valence-electron chi connectivity index (χ3n) is 3.40. The minimum Gasteiger partial charge on any atom is -0.496 e. The summed E-state index contributed by atoms with van der Waals surface area (Å²) < 4.78 is 11.8. The monoisotopic (exact) mass is 313 g/mol. The second kappa shape index (κ2) is 6.55. The molecule has 3 nitrogen and oxygen atoms in total. The first-order valence-corrected chi connectivity index (χ1v) is 7.11. The largest absolute Gasteiger partial charge is 0.496 e. The standard InChI is InChI=1S/C14H20BrNO2/c1-17-9-10-6-11(15)7-14(18-2)13(10)8-12-4-3-5-16-12/h6-7,12,16H,3-5,8-9H2,1-2H3. The summed E-state index contributed by atoms with van der Waals surface area (Å²) in [5.74, 6) is 0.949. The molecule has 0 aliphatic carbocycles. The molecule has 1 aromatic rings.